The van der Waals surface area contributed by atoms with Crippen LogP contribution in [0.2, 0.25) is 0 Å². The molecule has 22 heavy (non-hydrogen) atoms. The normalized spacial score (nSPS) is 27.8. The number of carbonyl (C=O) groups is 1. The molecule has 0 aliphatic carbocycles. The van der Waals surface area contributed by atoms with Gasteiger partial charge in [0.2, 0.25) is 0 Å². The second-order valence-electron chi connectivity index (χ2n) is 6.08. The van der Waals surface area contributed by atoms with Crippen molar-refractivity contribution in [2.24, 2.45) is 0 Å². The molecule has 1 aromatic carbocycles. The van der Waals surface area contributed by atoms with Crippen LogP contribution >= 0.6 is 0 Å². The maximum atomic E-state index is 13.3. The van der Waals surface area contributed by atoms with Crippen molar-refractivity contribution in [1.29, 1.82) is 0 Å². The molecule has 2 N–H and O–H groups in total. The van der Waals surface area contributed by atoms with Gasteiger partial charge in [-0.2, -0.15) is 0 Å². The number of rotatable bonds is 2. The van der Waals surface area contributed by atoms with Crippen LogP contribution in [-0.4, -0.2) is 37.5 Å². The van der Waals surface area contributed by atoms with Crippen LogP contribution in [0.25, 0.3) is 0 Å². The molecule has 3 rings (SSSR count). The molecule has 0 unspecified atom stereocenters. The van der Waals surface area contributed by atoms with Crippen LogP contribution in [0.1, 0.15) is 24.8 Å². The quantitative estimate of drug-likeness (QED) is 0.883. The Morgan fingerprint density at radius 1 is 1.41 bits per heavy atom. The van der Waals surface area contributed by atoms with Gasteiger partial charge in [0.05, 0.1) is 12.2 Å². The maximum Gasteiger partial charge on any atom is 0.319 e. The number of halogens is 1. The molecule has 2 heterocycles. The summed E-state index contributed by atoms with van der Waals surface area (Å²) in [6.45, 7) is 3.75. The minimum absolute atomic E-state index is 0.0457. The lowest BCUT2D eigenvalue weighted by Gasteiger charge is -2.37. The number of nitrogens with one attached hydrogen (secondary N) is 2. The summed E-state index contributed by atoms with van der Waals surface area (Å²) in [5.74, 6) is -0.367. The molecule has 2 atom stereocenters. The van der Waals surface area contributed by atoms with Crippen molar-refractivity contribution in [2.75, 3.05) is 25.1 Å². The van der Waals surface area contributed by atoms with Crippen molar-refractivity contribution in [3.8, 4) is 0 Å². The average Bonchev–Trinajstić information content (AvgIpc) is 2.90. The van der Waals surface area contributed by atoms with Gasteiger partial charge in [0.1, 0.15) is 5.82 Å². The van der Waals surface area contributed by atoms with Gasteiger partial charge >= 0.3 is 6.03 Å². The molecule has 120 valence electrons. The van der Waals surface area contributed by atoms with E-state index in [4.69, 9.17) is 9.47 Å². The smallest absolute Gasteiger partial charge is 0.319 e. The van der Waals surface area contributed by atoms with Gasteiger partial charge in [-0.25, -0.2) is 9.18 Å². The number of benzene rings is 1. The van der Waals surface area contributed by atoms with E-state index in [1.807, 2.05) is 6.92 Å². The highest BCUT2D eigenvalue weighted by Crippen LogP contribution is 2.32. The maximum absolute atomic E-state index is 13.3. The van der Waals surface area contributed by atoms with E-state index < -0.39 is 0 Å². The second-order valence-corrected chi connectivity index (χ2v) is 6.08. The Labute approximate surface area is 129 Å². The Kier molecular flexibility index (Phi) is 4.31. The van der Waals surface area contributed by atoms with E-state index in [-0.39, 0.29) is 23.5 Å². The second kappa shape index (κ2) is 6.22. The van der Waals surface area contributed by atoms with Crippen LogP contribution in [0.4, 0.5) is 14.9 Å². The zero-order valence-corrected chi connectivity index (χ0v) is 12.7. The van der Waals surface area contributed by atoms with Gasteiger partial charge in [-0.1, -0.05) is 6.07 Å². The lowest BCUT2D eigenvalue weighted by molar-refractivity contribution is -0.0877. The zero-order chi connectivity index (χ0) is 15.6. The molecule has 0 bridgehead atoms. The zero-order valence-electron chi connectivity index (χ0n) is 12.7. The van der Waals surface area contributed by atoms with Crippen molar-refractivity contribution >= 4 is 11.7 Å². The molecular formula is C16H21FN2O3. The summed E-state index contributed by atoms with van der Waals surface area (Å²) in [7, 11) is 0. The van der Waals surface area contributed by atoms with Crippen LogP contribution in [-0.2, 0) is 9.47 Å². The number of amides is 2. The first-order valence-corrected chi connectivity index (χ1v) is 7.62. The molecule has 1 aromatic rings. The first-order valence-electron chi connectivity index (χ1n) is 7.62. The van der Waals surface area contributed by atoms with Crippen LogP contribution in [0.3, 0.4) is 0 Å². The molecule has 0 aromatic heterocycles. The number of carbonyl (C=O) groups excluding carboxylic acids is 1. The van der Waals surface area contributed by atoms with Crippen LogP contribution in [0.15, 0.2) is 18.2 Å². The minimum atomic E-state index is -0.367. The van der Waals surface area contributed by atoms with Crippen LogP contribution in [0.5, 0.6) is 0 Å². The highest BCUT2D eigenvalue weighted by Gasteiger charge is 2.41. The lowest BCUT2D eigenvalue weighted by Crippen LogP contribution is -2.49. The molecule has 0 radical (unpaired) electrons. The summed E-state index contributed by atoms with van der Waals surface area (Å²) in [5.41, 5.74) is 1.07. The van der Waals surface area contributed by atoms with Gasteiger partial charge in [-0.15, -0.1) is 0 Å². The highest BCUT2D eigenvalue weighted by atomic mass is 19.1. The van der Waals surface area contributed by atoms with E-state index in [1.54, 1.807) is 6.07 Å². The van der Waals surface area contributed by atoms with Crippen molar-refractivity contribution in [3.63, 3.8) is 0 Å². The lowest BCUT2D eigenvalue weighted by atomic mass is 9.90. The van der Waals surface area contributed by atoms with E-state index >= 15 is 0 Å². The summed E-state index contributed by atoms with van der Waals surface area (Å²) in [4.78, 5) is 12.1. The molecule has 2 amide bonds. The largest absolute Gasteiger partial charge is 0.378 e. The van der Waals surface area contributed by atoms with E-state index in [0.29, 0.717) is 25.5 Å². The van der Waals surface area contributed by atoms with Crippen molar-refractivity contribution in [3.05, 3.63) is 29.6 Å². The van der Waals surface area contributed by atoms with Gasteiger partial charge in [0, 0.05) is 31.4 Å². The highest BCUT2D eigenvalue weighted by molar-refractivity contribution is 5.90. The molecule has 1 spiro atoms. The van der Waals surface area contributed by atoms with Crippen molar-refractivity contribution in [1.82, 2.24) is 5.32 Å². The van der Waals surface area contributed by atoms with Crippen molar-refractivity contribution in [2.45, 2.75) is 37.8 Å². The fourth-order valence-electron chi connectivity index (χ4n) is 3.09. The first-order chi connectivity index (χ1) is 10.6. The van der Waals surface area contributed by atoms with Gasteiger partial charge in [0.25, 0.3) is 0 Å². The Bertz CT molecular complexity index is 558. The van der Waals surface area contributed by atoms with Gasteiger partial charge in [-0.3, -0.25) is 0 Å². The number of anilines is 1. The van der Waals surface area contributed by atoms with Gasteiger partial charge in [-0.05, 0) is 37.5 Å². The predicted octanol–water partition coefficient (Wildman–Crippen LogP) is 2.59. The van der Waals surface area contributed by atoms with E-state index in [2.05, 4.69) is 10.6 Å². The SMILES string of the molecule is Cc1ccc(F)cc1NC(=O)N[C@H]1CCO[C@]2(CCOC2)C1. The van der Waals surface area contributed by atoms with E-state index in [9.17, 15) is 9.18 Å². The third kappa shape index (κ3) is 3.39. The van der Waals surface area contributed by atoms with Gasteiger partial charge in [0.15, 0.2) is 0 Å². The Balaban J connectivity index is 1.58. The molecule has 6 heteroatoms. The fourth-order valence-corrected chi connectivity index (χ4v) is 3.09. The molecule has 2 aliphatic heterocycles. The molecule has 2 aliphatic rings. The topological polar surface area (TPSA) is 59.6 Å². The number of hydrogen-bond donors (Lipinski definition) is 2. The number of hydrogen-bond acceptors (Lipinski definition) is 3. The monoisotopic (exact) mass is 308 g/mol. The average molecular weight is 308 g/mol. The van der Waals surface area contributed by atoms with Gasteiger partial charge < -0.3 is 20.1 Å². The fraction of sp³-hybridized carbons (Fsp3) is 0.562. The van der Waals surface area contributed by atoms with Crippen LogP contribution in [0, 0.1) is 12.7 Å². The van der Waals surface area contributed by atoms with Crippen molar-refractivity contribution < 1.29 is 18.7 Å². The number of ether oxygens (including phenoxy) is 2. The predicted molar refractivity (Wildman–Crippen MR) is 80.4 cm³/mol. The number of urea groups is 1. The first kappa shape index (κ1) is 15.2. The molecule has 5 nitrogen and oxygen atoms in total. The Morgan fingerprint density at radius 3 is 3.05 bits per heavy atom. The summed E-state index contributed by atoms with van der Waals surface area (Å²) in [5, 5.41) is 5.67. The summed E-state index contributed by atoms with van der Waals surface area (Å²) in [6.07, 6.45) is 2.40. The Morgan fingerprint density at radius 2 is 2.27 bits per heavy atom. The summed E-state index contributed by atoms with van der Waals surface area (Å²) >= 11 is 0. The van der Waals surface area contributed by atoms with E-state index in [1.165, 1.54) is 12.1 Å². The molecular weight excluding hydrogens is 287 g/mol. The minimum Gasteiger partial charge on any atom is -0.378 e. The summed E-state index contributed by atoms with van der Waals surface area (Å²) < 4.78 is 24.5. The van der Waals surface area contributed by atoms with E-state index in [0.717, 1.165) is 24.8 Å². The summed E-state index contributed by atoms with van der Waals surface area (Å²) in [6, 6.07) is 4.08. The Hall–Kier alpha value is -1.66. The third-order valence-electron chi connectivity index (χ3n) is 4.34. The molecule has 2 saturated heterocycles. The standard InChI is InChI=1S/C16H21FN2O3/c1-11-2-3-12(17)8-14(11)19-15(20)18-13-4-6-22-16(9-13)5-7-21-10-16/h2-3,8,13H,4-7,9-10H2,1H3,(H2,18,19,20)/t13-,16+/m0/s1. The van der Waals surface area contributed by atoms with Crippen LogP contribution < -0.4 is 10.6 Å². The number of aryl methyl sites for hydroxylation is 1. The third-order valence-corrected chi connectivity index (χ3v) is 4.34. The molecule has 0 saturated carbocycles. The molecule has 2 fully saturated rings.